The molecule has 0 radical (unpaired) electrons. The average Bonchev–Trinajstić information content (AvgIpc) is 3.08. The van der Waals surface area contributed by atoms with Crippen LogP contribution >= 0.6 is 11.6 Å². The minimum absolute atomic E-state index is 0.00358. The number of carbonyl (C=O) groups excluding carboxylic acids is 1. The Hall–Kier alpha value is -1.88. The molecule has 0 unspecified atom stereocenters. The van der Waals surface area contributed by atoms with Gasteiger partial charge in [0.05, 0.1) is 12.1 Å². The van der Waals surface area contributed by atoms with Gasteiger partial charge in [0, 0.05) is 25.2 Å². The Bertz CT molecular complexity index is 811. The van der Waals surface area contributed by atoms with Gasteiger partial charge in [-0.05, 0) is 43.9 Å². The van der Waals surface area contributed by atoms with E-state index in [2.05, 4.69) is 9.64 Å². The molecule has 2 saturated heterocycles. The van der Waals surface area contributed by atoms with E-state index in [1.165, 1.54) is 7.11 Å². The summed E-state index contributed by atoms with van der Waals surface area (Å²) in [5.74, 6) is 0.541. The smallest absolute Gasteiger partial charge is 0.434 e. The summed E-state index contributed by atoms with van der Waals surface area (Å²) in [6.45, 7) is 1.29. The van der Waals surface area contributed by atoms with Crippen molar-refractivity contribution in [1.82, 2.24) is 9.80 Å². The number of rotatable bonds is 4. The van der Waals surface area contributed by atoms with Crippen molar-refractivity contribution in [3.8, 4) is 5.75 Å². The van der Waals surface area contributed by atoms with Crippen LogP contribution in [0.15, 0.2) is 18.2 Å². The van der Waals surface area contributed by atoms with Crippen LogP contribution in [-0.2, 0) is 11.3 Å². The molecule has 0 saturated carbocycles. The van der Waals surface area contributed by atoms with E-state index in [4.69, 9.17) is 16.3 Å². The molecule has 5 nitrogen and oxygen atoms in total. The zero-order chi connectivity index (χ0) is 23.7. The van der Waals surface area contributed by atoms with E-state index in [0.717, 1.165) is 29.8 Å². The fraction of sp³-hybridized carbons (Fsp3) is 0.650. The van der Waals surface area contributed by atoms with Gasteiger partial charge in [-0.25, -0.2) is 4.79 Å². The molecule has 32 heavy (non-hydrogen) atoms. The molecule has 2 fully saturated rings. The van der Waals surface area contributed by atoms with Crippen LogP contribution in [0, 0.1) is 0 Å². The van der Waals surface area contributed by atoms with E-state index < -0.39 is 24.5 Å². The first-order valence-corrected chi connectivity index (χ1v) is 10.4. The third-order valence-electron chi connectivity index (χ3n) is 6.13. The Morgan fingerprint density at radius 3 is 2.28 bits per heavy atom. The predicted molar refractivity (Wildman–Crippen MR) is 104 cm³/mol. The highest BCUT2D eigenvalue weighted by molar-refractivity contribution is 6.32. The molecule has 180 valence electrons. The molecule has 0 N–H and O–H groups in total. The second kappa shape index (κ2) is 9.17. The molecule has 0 bridgehead atoms. The Kier molecular flexibility index (Phi) is 7.09. The van der Waals surface area contributed by atoms with Gasteiger partial charge in [0.15, 0.2) is 0 Å². The zero-order valence-electron chi connectivity index (χ0n) is 17.2. The molecular formula is C20H23ClF6N2O3. The number of methoxy groups -OCH3 is 1. The van der Waals surface area contributed by atoms with E-state index in [0.29, 0.717) is 30.2 Å². The van der Waals surface area contributed by atoms with Crippen molar-refractivity contribution in [3.05, 3.63) is 28.8 Å². The van der Waals surface area contributed by atoms with E-state index >= 15 is 0 Å². The van der Waals surface area contributed by atoms with Crippen LogP contribution in [0.3, 0.4) is 0 Å². The number of nitrogens with zero attached hydrogens (tertiary/aromatic N) is 2. The van der Waals surface area contributed by atoms with Crippen LogP contribution < -0.4 is 4.74 Å². The summed E-state index contributed by atoms with van der Waals surface area (Å²) in [5.41, 5.74) is 0.545. The fourth-order valence-corrected chi connectivity index (χ4v) is 4.71. The number of amides is 1. The Morgan fingerprint density at radius 2 is 1.72 bits per heavy atom. The summed E-state index contributed by atoms with van der Waals surface area (Å²) in [7, 11) is 1.51. The molecule has 1 aromatic rings. The molecule has 0 aromatic heterocycles. The van der Waals surface area contributed by atoms with Crippen LogP contribution in [-0.4, -0.2) is 66.6 Å². The van der Waals surface area contributed by atoms with Gasteiger partial charge in [-0.1, -0.05) is 23.7 Å². The largest absolute Gasteiger partial charge is 0.495 e. The third kappa shape index (κ3) is 5.19. The molecule has 12 heteroatoms. The van der Waals surface area contributed by atoms with Crippen molar-refractivity contribution in [1.29, 1.82) is 0 Å². The van der Waals surface area contributed by atoms with Crippen molar-refractivity contribution in [2.24, 2.45) is 0 Å². The second-order valence-electron chi connectivity index (χ2n) is 8.02. The van der Waals surface area contributed by atoms with Crippen LogP contribution in [0.5, 0.6) is 5.75 Å². The lowest BCUT2D eigenvalue weighted by molar-refractivity contribution is -0.308. The highest BCUT2D eigenvalue weighted by atomic mass is 35.5. The maximum Gasteiger partial charge on any atom is 0.434 e. The first-order chi connectivity index (χ1) is 14.9. The summed E-state index contributed by atoms with van der Waals surface area (Å²) < 4.78 is 85.2. The van der Waals surface area contributed by atoms with Crippen LogP contribution in [0.25, 0.3) is 0 Å². The molecule has 2 heterocycles. The van der Waals surface area contributed by atoms with Crippen molar-refractivity contribution in [3.63, 3.8) is 0 Å². The Morgan fingerprint density at radius 1 is 1.09 bits per heavy atom. The number of carbonyl (C=O) groups is 1. The number of alkyl halides is 6. The molecule has 0 aliphatic carbocycles. The zero-order valence-corrected chi connectivity index (χ0v) is 18.0. The quantitative estimate of drug-likeness (QED) is 0.532. The third-order valence-corrected chi connectivity index (χ3v) is 6.56. The summed E-state index contributed by atoms with van der Waals surface area (Å²) in [6.07, 6.45) is -14.7. The molecule has 2 aliphatic heterocycles. The molecule has 1 amide bonds. The number of hydrogen-bond donors (Lipinski definition) is 0. The average molecular weight is 489 g/mol. The van der Waals surface area contributed by atoms with Gasteiger partial charge < -0.3 is 14.4 Å². The van der Waals surface area contributed by atoms with Crippen LogP contribution in [0.2, 0.25) is 5.02 Å². The number of likely N-dealkylation sites (tertiary alicyclic amines) is 2. The van der Waals surface area contributed by atoms with Crippen LogP contribution in [0.4, 0.5) is 31.1 Å². The lowest BCUT2D eigenvalue weighted by Gasteiger charge is -2.45. The van der Waals surface area contributed by atoms with E-state index in [9.17, 15) is 31.1 Å². The standard InChI is InChI=1S/C20H23ClF6N2O3/c1-31-14-5-2-4-13(15(14)21)12-29-9-3-6-18(29)7-10-28(11-8-18)17(30)32-16(19(22,23)24)20(25,26)27/h2,4-5,16H,3,6-12H2,1H3. The van der Waals surface area contributed by atoms with Gasteiger partial charge in [0.25, 0.3) is 6.10 Å². The Balaban J connectivity index is 1.65. The SMILES string of the molecule is COc1cccc(CN2CCCC23CCN(C(=O)OC(C(F)(F)F)C(F)(F)F)CC3)c1Cl. The summed E-state index contributed by atoms with van der Waals surface area (Å²) >= 11 is 6.40. The number of hydrogen-bond acceptors (Lipinski definition) is 4. The van der Waals surface area contributed by atoms with Crippen LogP contribution in [0.1, 0.15) is 31.2 Å². The molecule has 1 spiro atoms. The monoisotopic (exact) mass is 488 g/mol. The second-order valence-corrected chi connectivity index (χ2v) is 8.39. The summed E-state index contributed by atoms with van der Waals surface area (Å²) in [6, 6.07) is 5.43. The fourth-order valence-electron chi connectivity index (χ4n) is 4.45. The molecule has 2 aliphatic rings. The van der Waals surface area contributed by atoms with Crippen molar-refractivity contribution in [2.75, 3.05) is 26.7 Å². The highest BCUT2D eigenvalue weighted by Crippen LogP contribution is 2.41. The normalized spacial score (nSPS) is 19.6. The first kappa shape index (κ1) is 24.8. The number of halogens is 7. The predicted octanol–water partition coefficient (Wildman–Crippen LogP) is 5.41. The van der Waals surface area contributed by atoms with Gasteiger partial charge in [-0.2, -0.15) is 26.3 Å². The van der Waals surface area contributed by atoms with E-state index in [-0.39, 0.29) is 18.6 Å². The Labute approximate surface area is 186 Å². The first-order valence-electron chi connectivity index (χ1n) is 10.0. The molecule has 0 atom stereocenters. The number of benzene rings is 1. The van der Waals surface area contributed by atoms with Gasteiger partial charge in [0.2, 0.25) is 0 Å². The maximum atomic E-state index is 12.7. The maximum absolute atomic E-state index is 12.7. The molecule has 3 rings (SSSR count). The summed E-state index contributed by atoms with van der Waals surface area (Å²) in [4.78, 5) is 15.2. The number of ether oxygens (including phenoxy) is 2. The van der Waals surface area contributed by atoms with E-state index in [1.54, 1.807) is 6.07 Å². The van der Waals surface area contributed by atoms with Crippen molar-refractivity contribution < 1.29 is 40.6 Å². The minimum Gasteiger partial charge on any atom is -0.495 e. The van der Waals surface area contributed by atoms with Gasteiger partial charge >= 0.3 is 18.4 Å². The van der Waals surface area contributed by atoms with E-state index in [1.807, 2.05) is 12.1 Å². The minimum atomic E-state index is -5.73. The number of piperidine rings is 1. The van der Waals surface area contributed by atoms with Crippen molar-refractivity contribution in [2.45, 2.75) is 56.2 Å². The van der Waals surface area contributed by atoms with Gasteiger partial charge in [-0.3, -0.25) is 4.90 Å². The molecular weight excluding hydrogens is 466 g/mol. The topological polar surface area (TPSA) is 42.0 Å². The highest BCUT2D eigenvalue weighted by Gasteiger charge is 2.60. The van der Waals surface area contributed by atoms with Gasteiger partial charge in [0.1, 0.15) is 5.75 Å². The lowest BCUT2D eigenvalue weighted by Crippen LogP contribution is -2.54. The summed E-state index contributed by atoms with van der Waals surface area (Å²) in [5, 5.41) is 0.489. The van der Waals surface area contributed by atoms with Crippen molar-refractivity contribution >= 4 is 17.7 Å². The lowest BCUT2D eigenvalue weighted by atomic mass is 9.85. The van der Waals surface area contributed by atoms with Gasteiger partial charge in [-0.15, -0.1) is 0 Å². The molecule has 1 aromatic carbocycles.